The first-order valence-electron chi connectivity index (χ1n) is 10.8. The standard InChI is InChI=1S/C23H26N4O4S2/c1-24-22(32)23(17-10-11-20-25-13-14-27(20)16-17)12-6-5-9-19(23)31-21(28)15-26-33(29,30)18-7-3-2-4-8-18/h2-4,7-8,10-11,13-14,16,19,26H,5-6,9,12,15H2,1H3,(H,24,32). The van der Waals surface area contributed by atoms with Crippen molar-refractivity contribution in [3.63, 3.8) is 0 Å². The van der Waals surface area contributed by atoms with Crippen LogP contribution in [0.5, 0.6) is 0 Å². The van der Waals surface area contributed by atoms with Gasteiger partial charge in [0.15, 0.2) is 0 Å². The number of hydrogen-bond acceptors (Lipinski definition) is 6. The summed E-state index contributed by atoms with van der Waals surface area (Å²) in [6.45, 7) is -0.462. The van der Waals surface area contributed by atoms with E-state index in [0.717, 1.165) is 24.1 Å². The number of carbonyl (C=O) groups excluding carboxylic acids is 1. The first-order valence-corrected chi connectivity index (χ1v) is 12.7. The zero-order valence-electron chi connectivity index (χ0n) is 18.2. The van der Waals surface area contributed by atoms with Gasteiger partial charge in [-0.1, -0.05) is 42.9 Å². The first-order chi connectivity index (χ1) is 15.9. The van der Waals surface area contributed by atoms with Crippen molar-refractivity contribution in [2.24, 2.45) is 0 Å². The lowest BCUT2D eigenvalue weighted by atomic mass is 9.67. The second kappa shape index (κ2) is 9.58. The van der Waals surface area contributed by atoms with Crippen molar-refractivity contribution in [3.8, 4) is 0 Å². The molecular weight excluding hydrogens is 460 g/mol. The predicted octanol–water partition coefficient (Wildman–Crippen LogP) is 2.58. The topological polar surface area (TPSA) is 102 Å². The van der Waals surface area contributed by atoms with Crippen molar-refractivity contribution >= 4 is 38.8 Å². The fraction of sp³-hybridized carbons (Fsp3) is 0.348. The molecule has 1 aliphatic rings. The van der Waals surface area contributed by atoms with E-state index in [1.165, 1.54) is 12.1 Å². The van der Waals surface area contributed by atoms with Gasteiger partial charge in [-0.05, 0) is 43.0 Å². The second-order valence-corrected chi connectivity index (χ2v) is 10.2. The number of hydrogen-bond donors (Lipinski definition) is 2. The molecule has 0 bridgehead atoms. The third-order valence-electron chi connectivity index (χ3n) is 6.11. The van der Waals surface area contributed by atoms with Gasteiger partial charge in [-0.3, -0.25) is 4.79 Å². The number of thiocarbonyl (C=S) groups is 1. The fourth-order valence-electron chi connectivity index (χ4n) is 4.47. The first kappa shape index (κ1) is 23.3. The normalized spacial score (nSPS) is 20.9. The molecule has 33 heavy (non-hydrogen) atoms. The van der Waals surface area contributed by atoms with Crippen molar-refractivity contribution in [3.05, 3.63) is 66.6 Å². The summed E-state index contributed by atoms with van der Waals surface area (Å²) in [4.78, 5) is 17.7. The second-order valence-electron chi connectivity index (χ2n) is 8.02. The Morgan fingerprint density at radius 1 is 1.24 bits per heavy atom. The molecule has 2 unspecified atom stereocenters. The van der Waals surface area contributed by atoms with Crippen LogP contribution in [0, 0.1) is 0 Å². The summed E-state index contributed by atoms with van der Waals surface area (Å²) in [5, 5.41) is 3.10. The van der Waals surface area contributed by atoms with E-state index in [1.54, 1.807) is 31.4 Å². The highest BCUT2D eigenvalue weighted by Crippen LogP contribution is 2.42. The molecule has 0 saturated heterocycles. The highest BCUT2D eigenvalue weighted by Gasteiger charge is 2.48. The Hall–Kier alpha value is -2.82. The Bertz CT molecular complexity index is 1260. The smallest absolute Gasteiger partial charge is 0.321 e. The van der Waals surface area contributed by atoms with Gasteiger partial charge in [0.05, 0.1) is 15.3 Å². The molecule has 0 amide bonds. The van der Waals surface area contributed by atoms with Crippen LogP contribution in [-0.2, 0) is 25.0 Å². The number of pyridine rings is 1. The number of nitrogens with zero attached hydrogens (tertiary/aromatic N) is 2. The Kier molecular flexibility index (Phi) is 6.78. The Balaban J connectivity index is 1.57. The van der Waals surface area contributed by atoms with Gasteiger partial charge in [-0.25, -0.2) is 13.4 Å². The number of fused-ring (bicyclic) bond motifs is 1. The van der Waals surface area contributed by atoms with Crippen molar-refractivity contribution in [2.75, 3.05) is 13.6 Å². The lowest BCUT2D eigenvalue weighted by molar-refractivity contribution is -0.151. The van der Waals surface area contributed by atoms with E-state index in [1.807, 2.05) is 28.9 Å². The SMILES string of the molecule is CNC(=S)C1(c2ccc3nccn3c2)CCCCC1OC(=O)CNS(=O)(=O)c1ccccc1. The molecule has 4 rings (SSSR count). The van der Waals surface area contributed by atoms with Crippen LogP contribution in [0.25, 0.3) is 5.65 Å². The number of esters is 1. The van der Waals surface area contributed by atoms with Crippen molar-refractivity contribution < 1.29 is 17.9 Å². The summed E-state index contributed by atoms with van der Waals surface area (Å²) in [7, 11) is -2.05. The zero-order chi connectivity index (χ0) is 23.5. The van der Waals surface area contributed by atoms with E-state index in [0.29, 0.717) is 17.8 Å². The van der Waals surface area contributed by atoms with Gasteiger partial charge in [0.2, 0.25) is 10.0 Å². The molecule has 2 atom stereocenters. The maximum Gasteiger partial charge on any atom is 0.321 e. The summed E-state index contributed by atoms with van der Waals surface area (Å²) in [6, 6.07) is 11.8. The van der Waals surface area contributed by atoms with Gasteiger partial charge < -0.3 is 14.5 Å². The number of sulfonamides is 1. The number of carbonyl (C=O) groups is 1. The van der Waals surface area contributed by atoms with E-state index in [4.69, 9.17) is 17.0 Å². The van der Waals surface area contributed by atoms with Gasteiger partial charge >= 0.3 is 5.97 Å². The van der Waals surface area contributed by atoms with Crippen LogP contribution in [0.4, 0.5) is 0 Å². The van der Waals surface area contributed by atoms with Crippen LogP contribution in [-0.4, -0.2) is 48.5 Å². The summed E-state index contributed by atoms with van der Waals surface area (Å²) in [6.07, 6.45) is 8.17. The lowest BCUT2D eigenvalue weighted by Gasteiger charge is -2.44. The molecule has 1 fully saturated rings. The highest BCUT2D eigenvalue weighted by atomic mass is 32.2. The Morgan fingerprint density at radius 2 is 2.03 bits per heavy atom. The van der Waals surface area contributed by atoms with Crippen LogP contribution in [0.15, 0.2) is 66.0 Å². The molecule has 174 valence electrons. The third kappa shape index (κ3) is 4.64. The molecule has 0 radical (unpaired) electrons. The third-order valence-corrected chi connectivity index (χ3v) is 8.09. The minimum atomic E-state index is -3.82. The molecule has 1 saturated carbocycles. The highest BCUT2D eigenvalue weighted by molar-refractivity contribution is 7.89. The summed E-state index contributed by atoms with van der Waals surface area (Å²) in [5.74, 6) is -0.645. The summed E-state index contributed by atoms with van der Waals surface area (Å²) < 4.78 is 35.1. The van der Waals surface area contributed by atoms with Gasteiger partial charge in [-0.15, -0.1) is 0 Å². The minimum absolute atomic E-state index is 0.0924. The molecule has 8 nitrogen and oxygen atoms in total. The molecule has 0 spiro atoms. The number of rotatable bonds is 7. The van der Waals surface area contributed by atoms with Crippen molar-refractivity contribution in [1.82, 2.24) is 19.4 Å². The number of benzene rings is 1. The maximum absolute atomic E-state index is 12.8. The fourth-order valence-corrected chi connectivity index (χ4v) is 5.81. The summed E-state index contributed by atoms with van der Waals surface area (Å²) in [5.41, 5.74) is 1.02. The van der Waals surface area contributed by atoms with Gasteiger partial charge in [0, 0.05) is 25.6 Å². The molecule has 1 aliphatic carbocycles. The zero-order valence-corrected chi connectivity index (χ0v) is 19.9. The van der Waals surface area contributed by atoms with Crippen LogP contribution < -0.4 is 10.0 Å². The molecule has 2 heterocycles. The number of likely N-dealkylation sites (N-methyl/N-ethyl adjacent to an activating group) is 1. The van der Waals surface area contributed by atoms with Crippen molar-refractivity contribution in [2.45, 2.75) is 42.1 Å². The van der Waals surface area contributed by atoms with Crippen LogP contribution >= 0.6 is 12.2 Å². The van der Waals surface area contributed by atoms with E-state index in [9.17, 15) is 13.2 Å². The lowest BCUT2D eigenvalue weighted by Crippen LogP contribution is -2.54. The monoisotopic (exact) mass is 486 g/mol. The van der Waals surface area contributed by atoms with Gasteiger partial charge in [-0.2, -0.15) is 4.72 Å². The van der Waals surface area contributed by atoms with E-state index in [-0.39, 0.29) is 4.90 Å². The number of aromatic nitrogens is 2. The predicted molar refractivity (Wildman–Crippen MR) is 129 cm³/mol. The van der Waals surface area contributed by atoms with Crippen LogP contribution in [0.3, 0.4) is 0 Å². The molecule has 0 aliphatic heterocycles. The van der Waals surface area contributed by atoms with Crippen LogP contribution in [0.1, 0.15) is 31.2 Å². The number of nitrogens with one attached hydrogen (secondary N) is 2. The Morgan fingerprint density at radius 3 is 2.79 bits per heavy atom. The average molecular weight is 487 g/mol. The van der Waals surface area contributed by atoms with Crippen LogP contribution in [0.2, 0.25) is 0 Å². The number of imidazole rings is 1. The number of ether oxygens (including phenoxy) is 1. The quantitative estimate of drug-likeness (QED) is 0.391. The van der Waals surface area contributed by atoms with E-state index in [2.05, 4.69) is 15.0 Å². The average Bonchev–Trinajstić information content (AvgIpc) is 3.31. The molecule has 3 aromatic rings. The largest absolute Gasteiger partial charge is 0.460 e. The molecule has 2 aromatic heterocycles. The molecule has 2 N–H and O–H groups in total. The maximum atomic E-state index is 12.8. The van der Waals surface area contributed by atoms with E-state index >= 15 is 0 Å². The van der Waals surface area contributed by atoms with Gasteiger partial charge in [0.25, 0.3) is 0 Å². The van der Waals surface area contributed by atoms with Crippen molar-refractivity contribution in [1.29, 1.82) is 0 Å². The van der Waals surface area contributed by atoms with E-state index < -0.39 is 34.1 Å². The molecule has 10 heteroatoms. The minimum Gasteiger partial charge on any atom is -0.460 e. The molecule has 1 aromatic carbocycles. The molecular formula is C23H26N4O4S2. The Labute approximate surface area is 198 Å². The summed E-state index contributed by atoms with van der Waals surface area (Å²) >= 11 is 5.75. The van der Waals surface area contributed by atoms with Gasteiger partial charge in [0.1, 0.15) is 18.3 Å².